The Morgan fingerprint density at radius 1 is 1.29 bits per heavy atom. The van der Waals surface area contributed by atoms with Crippen molar-refractivity contribution in [1.82, 2.24) is 0 Å². The predicted octanol–water partition coefficient (Wildman–Crippen LogP) is 1.55. The molecule has 1 spiro atoms. The van der Waals surface area contributed by atoms with Crippen molar-refractivity contribution in [2.75, 3.05) is 0 Å². The van der Waals surface area contributed by atoms with Crippen LogP contribution in [0.4, 0.5) is 0 Å². The average molecular weight is 417 g/mol. The van der Waals surface area contributed by atoms with E-state index >= 15 is 0 Å². The highest BCUT2D eigenvalue weighted by molar-refractivity contribution is 6.27. The van der Waals surface area contributed by atoms with Crippen LogP contribution in [-0.2, 0) is 23.8 Å². The first-order valence-electron chi connectivity index (χ1n) is 10.00. The van der Waals surface area contributed by atoms with Gasteiger partial charge in [-0.2, -0.15) is 0 Å². The van der Waals surface area contributed by atoms with Gasteiger partial charge in [-0.1, -0.05) is 20.8 Å². The molecule has 0 bridgehead atoms. The smallest absolute Gasteiger partial charge is 0.309 e. The number of halogens is 1. The fourth-order valence-electron chi connectivity index (χ4n) is 5.93. The molecule has 0 aromatic rings. The van der Waals surface area contributed by atoms with Gasteiger partial charge < -0.3 is 24.4 Å². The molecule has 9 atom stereocenters. The average Bonchev–Trinajstić information content (AvgIpc) is 3.13. The molecule has 0 aromatic carbocycles. The number of hydrogen-bond acceptors (Lipinski definition) is 7. The van der Waals surface area contributed by atoms with Gasteiger partial charge in [0.15, 0.2) is 0 Å². The van der Waals surface area contributed by atoms with Crippen molar-refractivity contribution in [3.05, 3.63) is 0 Å². The lowest BCUT2D eigenvalue weighted by Crippen LogP contribution is -2.66. The minimum absolute atomic E-state index is 0.0556. The van der Waals surface area contributed by atoms with Gasteiger partial charge in [0.05, 0.1) is 23.2 Å². The molecule has 2 aliphatic carbocycles. The van der Waals surface area contributed by atoms with Crippen molar-refractivity contribution in [1.29, 1.82) is 0 Å². The molecule has 7 nitrogen and oxygen atoms in total. The number of epoxide rings is 1. The van der Waals surface area contributed by atoms with E-state index in [9.17, 15) is 19.8 Å². The highest BCUT2D eigenvalue weighted by Crippen LogP contribution is 2.72. The number of carbonyl (C=O) groups is 2. The third-order valence-corrected chi connectivity index (χ3v) is 8.15. The van der Waals surface area contributed by atoms with Crippen molar-refractivity contribution in [2.24, 2.45) is 17.8 Å². The molecule has 4 aliphatic rings. The Balaban J connectivity index is 1.79. The first-order valence-corrected chi connectivity index (χ1v) is 10.4. The van der Waals surface area contributed by atoms with Gasteiger partial charge in [-0.15, -0.1) is 11.6 Å². The fraction of sp³-hybridized carbons (Fsp3) is 0.900. The number of fused-ring (bicyclic) bond motifs is 2. The molecule has 4 fully saturated rings. The Kier molecular flexibility index (Phi) is 4.25. The van der Waals surface area contributed by atoms with Gasteiger partial charge >= 0.3 is 11.9 Å². The second-order valence-electron chi connectivity index (χ2n) is 9.86. The Morgan fingerprint density at radius 2 is 1.93 bits per heavy atom. The maximum atomic E-state index is 12.5. The SMILES string of the molecule is CC(C)CC(=O)O[C@H]1C[C@@](C)(O)[C@]23O[C@H]2C[C@](C)(O)[C@]3(Cl)[C@H]2OC(=O)[C@@H](C)[C@H]12. The molecule has 2 N–H and O–H groups in total. The van der Waals surface area contributed by atoms with Crippen LogP contribution >= 0.6 is 11.6 Å². The molecule has 2 saturated carbocycles. The summed E-state index contributed by atoms with van der Waals surface area (Å²) in [5, 5.41) is 22.6. The zero-order valence-corrected chi connectivity index (χ0v) is 17.7. The summed E-state index contributed by atoms with van der Waals surface area (Å²) in [4.78, 5) is 23.4. The molecular formula is C20H29ClO7. The monoisotopic (exact) mass is 416 g/mol. The van der Waals surface area contributed by atoms with E-state index in [0.29, 0.717) is 0 Å². The lowest BCUT2D eigenvalue weighted by molar-refractivity contribution is -0.159. The molecule has 0 amide bonds. The third-order valence-electron chi connectivity index (χ3n) is 7.25. The number of rotatable bonds is 3. The van der Waals surface area contributed by atoms with Crippen LogP contribution in [0.25, 0.3) is 0 Å². The lowest BCUT2D eigenvalue weighted by atomic mass is 9.71. The maximum absolute atomic E-state index is 12.5. The minimum atomic E-state index is -1.54. The normalized spacial score (nSPS) is 54.5. The number of ether oxygens (including phenoxy) is 3. The zero-order chi connectivity index (χ0) is 20.9. The molecular weight excluding hydrogens is 388 g/mol. The van der Waals surface area contributed by atoms with Gasteiger partial charge in [0, 0.05) is 25.2 Å². The highest BCUT2D eigenvalue weighted by Gasteiger charge is 2.90. The summed E-state index contributed by atoms with van der Waals surface area (Å²) in [7, 11) is 0. The van der Waals surface area contributed by atoms with E-state index in [4.69, 9.17) is 25.8 Å². The number of alkyl halides is 1. The molecule has 2 heterocycles. The summed E-state index contributed by atoms with van der Waals surface area (Å²) < 4.78 is 17.3. The van der Waals surface area contributed by atoms with Crippen LogP contribution in [0.2, 0.25) is 0 Å². The first kappa shape index (κ1) is 20.4. The first-order chi connectivity index (χ1) is 12.8. The molecule has 8 heteroatoms. The van der Waals surface area contributed by atoms with Crippen LogP contribution in [0.15, 0.2) is 0 Å². The van der Waals surface area contributed by atoms with Gasteiger partial charge in [-0.05, 0) is 19.8 Å². The van der Waals surface area contributed by atoms with Gasteiger partial charge in [-0.3, -0.25) is 9.59 Å². The van der Waals surface area contributed by atoms with E-state index in [1.165, 1.54) is 0 Å². The number of esters is 2. The molecule has 2 saturated heterocycles. The van der Waals surface area contributed by atoms with Gasteiger partial charge in [0.1, 0.15) is 22.7 Å². The maximum Gasteiger partial charge on any atom is 0.309 e. The molecule has 158 valence electrons. The van der Waals surface area contributed by atoms with Crippen molar-refractivity contribution in [3.8, 4) is 0 Å². The van der Waals surface area contributed by atoms with E-state index in [1.54, 1.807) is 20.8 Å². The Labute approximate surface area is 169 Å². The van der Waals surface area contributed by atoms with Crippen LogP contribution in [-0.4, -0.2) is 62.1 Å². The van der Waals surface area contributed by atoms with E-state index in [2.05, 4.69) is 0 Å². The Morgan fingerprint density at radius 3 is 2.54 bits per heavy atom. The summed E-state index contributed by atoms with van der Waals surface area (Å²) in [5.41, 5.74) is -4.16. The second-order valence-corrected chi connectivity index (χ2v) is 10.5. The van der Waals surface area contributed by atoms with Gasteiger partial charge in [0.25, 0.3) is 0 Å². The fourth-order valence-corrected chi connectivity index (χ4v) is 6.57. The molecule has 0 aromatic heterocycles. The summed E-state index contributed by atoms with van der Waals surface area (Å²) >= 11 is 7.10. The van der Waals surface area contributed by atoms with E-state index < -0.39 is 63.8 Å². The van der Waals surface area contributed by atoms with Crippen molar-refractivity contribution >= 4 is 23.5 Å². The van der Waals surface area contributed by atoms with Crippen LogP contribution in [0.1, 0.15) is 53.9 Å². The summed E-state index contributed by atoms with van der Waals surface area (Å²) in [6.07, 6.45) is -1.64. The van der Waals surface area contributed by atoms with Gasteiger partial charge in [0.2, 0.25) is 0 Å². The number of hydrogen-bond donors (Lipinski definition) is 2. The van der Waals surface area contributed by atoms with Gasteiger partial charge in [-0.25, -0.2) is 0 Å². The van der Waals surface area contributed by atoms with Crippen molar-refractivity contribution < 1.29 is 34.0 Å². The second kappa shape index (κ2) is 5.84. The standard InChI is InChI=1S/C20H29ClO7/c1-9(2)6-13(22)26-11-7-18(5,25)20-12(28-20)8-17(4,24)19(20,21)15-14(11)10(3)16(23)27-15/h9-12,14-15,24-25H,6-8H2,1-5H3/t10-,11-,12-,14+,15-,17-,18+,19+,20+/m0/s1. The van der Waals surface area contributed by atoms with E-state index in [0.717, 1.165) is 0 Å². The lowest BCUT2D eigenvalue weighted by Gasteiger charge is -2.46. The molecule has 0 radical (unpaired) electrons. The van der Waals surface area contributed by atoms with Crippen molar-refractivity contribution in [3.63, 3.8) is 0 Å². The highest BCUT2D eigenvalue weighted by atomic mass is 35.5. The Hall–Kier alpha value is -0.890. The largest absolute Gasteiger partial charge is 0.462 e. The molecule has 28 heavy (non-hydrogen) atoms. The predicted molar refractivity (Wildman–Crippen MR) is 98.5 cm³/mol. The van der Waals surface area contributed by atoms with Crippen LogP contribution in [0.3, 0.4) is 0 Å². The molecule has 4 rings (SSSR count). The van der Waals surface area contributed by atoms with E-state index in [1.807, 2.05) is 13.8 Å². The summed E-state index contributed by atoms with van der Waals surface area (Å²) in [5.74, 6) is -1.90. The summed E-state index contributed by atoms with van der Waals surface area (Å²) in [6.45, 7) is 8.72. The molecule has 0 unspecified atom stereocenters. The third kappa shape index (κ3) is 2.33. The van der Waals surface area contributed by atoms with Crippen molar-refractivity contribution in [2.45, 2.75) is 93.9 Å². The summed E-state index contributed by atoms with van der Waals surface area (Å²) in [6, 6.07) is 0. The van der Waals surface area contributed by atoms with Crippen LogP contribution in [0, 0.1) is 17.8 Å². The minimum Gasteiger partial charge on any atom is -0.462 e. The number of carbonyl (C=O) groups excluding carboxylic acids is 2. The Bertz CT molecular complexity index is 719. The van der Waals surface area contributed by atoms with Crippen LogP contribution < -0.4 is 0 Å². The number of aliphatic hydroxyl groups is 2. The molecule has 2 aliphatic heterocycles. The zero-order valence-electron chi connectivity index (χ0n) is 16.9. The topological polar surface area (TPSA) is 106 Å². The van der Waals surface area contributed by atoms with E-state index in [-0.39, 0.29) is 25.2 Å². The quantitative estimate of drug-likeness (QED) is 0.408. The van der Waals surface area contributed by atoms with Crippen LogP contribution in [0.5, 0.6) is 0 Å².